The zero-order chi connectivity index (χ0) is 11.3. The van der Waals surface area contributed by atoms with E-state index in [1.54, 1.807) is 24.3 Å². The van der Waals surface area contributed by atoms with Gasteiger partial charge in [-0.3, -0.25) is 0 Å². The van der Waals surface area contributed by atoms with E-state index in [0.29, 0.717) is 12.0 Å². The summed E-state index contributed by atoms with van der Waals surface area (Å²) >= 11 is 0. The molecule has 0 saturated heterocycles. The summed E-state index contributed by atoms with van der Waals surface area (Å²) in [5.41, 5.74) is 7.17. The maximum absolute atomic E-state index is 9.82. The molecular formula is C12H16N2O. The smallest absolute Gasteiger partial charge is 0.0991 e. The minimum absolute atomic E-state index is 0.0237. The quantitative estimate of drug-likeness (QED) is 0.784. The molecular weight excluding hydrogens is 188 g/mol. The Labute approximate surface area is 90.1 Å². The van der Waals surface area contributed by atoms with Gasteiger partial charge in [0.2, 0.25) is 0 Å². The second-order valence-electron chi connectivity index (χ2n) is 3.65. The lowest BCUT2D eigenvalue weighted by atomic mass is 10.0. The topological polar surface area (TPSA) is 70.0 Å². The van der Waals surface area contributed by atoms with Crippen molar-refractivity contribution in [2.45, 2.75) is 31.9 Å². The molecule has 1 rings (SSSR count). The van der Waals surface area contributed by atoms with Crippen molar-refractivity contribution in [3.63, 3.8) is 0 Å². The van der Waals surface area contributed by atoms with Gasteiger partial charge in [-0.15, -0.1) is 0 Å². The van der Waals surface area contributed by atoms with E-state index in [2.05, 4.69) is 0 Å². The molecule has 3 heteroatoms. The van der Waals surface area contributed by atoms with Gasteiger partial charge in [0.25, 0.3) is 0 Å². The van der Waals surface area contributed by atoms with E-state index in [9.17, 15) is 5.11 Å². The molecule has 0 amide bonds. The summed E-state index contributed by atoms with van der Waals surface area (Å²) in [6.45, 7) is 2.00. The number of aliphatic hydroxyl groups excluding tert-OH is 1. The highest BCUT2D eigenvalue weighted by Crippen LogP contribution is 2.18. The Morgan fingerprint density at radius 2 is 2.00 bits per heavy atom. The first-order chi connectivity index (χ1) is 7.17. The van der Waals surface area contributed by atoms with Crippen molar-refractivity contribution >= 4 is 0 Å². The number of rotatable bonds is 4. The van der Waals surface area contributed by atoms with E-state index in [1.165, 1.54) is 0 Å². The predicted octanol–water partition coefficient (Wildman–Crippen LogP) is 1.72. The summed E-state index contributed by atoms with van der Waals surface area (Å²) in [5, 5.41) is 18.4. The molecule has 2 unspecified atom stereocenters. The Hall–Kier alpha value is -1.37. The van der Waals surface area contributed by atoms with Crippen LogP contribution in [0.15, 0.2) is 24.3 Å². The fourth-order valence-electron chi connectivity index (χ4n) is 1.37. The lowest BCUT2D eigenvalue weighted by Gasteiger charge is -2.15. The fraction of sp³-hybridized carbons (Fsp3) is 0.417. The molecule has 80 valence electrons. The summed E-state index contributed by atoms with van der Waals surface area (Å²) in [4.78, 5) is 0. The van der Waals surface area contributed by atoms with Gasteiger partial charge in [-0.1, -0.05) is 19.1 Å². The molecule has 2 atom stereocenters. The highest BCUT2D eigenvalue weighted by Gasteiger charge is 2.11. The van der Waals surface area contributed by atoms with Crippen LogP contribution in [-0.2, 0) is 0 Å². The number of nitrogens with two attached hydrogens (primary N) is 1. The van der Waals surface area contributed by atoms with Crippen LogP contribution in [0.3, 0.4) is 0 Å². The van der Waals surface area contributed by atoms with Crippen LogP contribution in [0.4, 0.5) is 0 Å². The Morgan fingerprint density at radius 1 is 1.40 bits per heavy atom. The van der Waals surface area contributed by atoms with E-state index in [1.807, 2.05) is 13.0 Å². The van der Waals surface area contributed by atoms with Crippen LogP contribution in [0, 0.1) is 11.3 Å². The van der Waals surface area contributed by atoms with Crippen LogP contribution in [-0.4, -0.2) is 11.1 Å². The zero-order valence-electron chi connectivity index (χ0n) is 8.85. The monoisotopic (exact) mass is 204 g/mol. The summed E-state index contributed by atoms with van der Waals surface area (Å²) in [5.74, 6) is 0. The van der Waals surface area contributed by atoms with Gasteiger partial charge in [-0.05, 0) is 30.5 Å². The molecule has 1 aromatic carbocycles. The third kappa shape index (κ3) is 3.35. The zero-order valence-corrected chi connectivity index (χ0v) is 8.85. The average Bonchev–Trinajstić information content (AvgIpc) is 2.29. The number of hydrogen-bond donors (Lipinski definition) is 2. The molecule has 1 aromatic rings. The second-order valence-corrected chi connectivity index (χ2v) is 3.65. The lowest BCUT2D eigenvalue weighted by molar-refractivity contribution is 0.157. The Kier molecular flexibility index (Phi) is 4.29. The van der Waals surface area contributed by atoms with Crippen molar-refractivity contribution in [1.82, 2.24) is 0 Å². The number of hydrogen-bond acceptors (Lipinski definition) is 3. The summed E-state index contributed by atoms with van der Waals surface area (Å²) in [6, 6.07) is 9.01. The van der Waals surface area contributed by atoms with E-state index in [-0.39, 0.29) is 6.04 Å². The second kappa shape index (κ2) is 5.50. The van der Waals surface area contributed by atoms with Crippen molar-refractivity contribution in [3.05, 3.63) is 35.4 Å². The maximum Gasteiger partial charge on any atom is 0.0991 e. The van der Waals surface area contributed by atoms with E-state index in [0.717, 1.165) is 12.0 Å². The third-order valence-corrected chi connectivity index (χ3v) is 2.47. The number of nitriles is 1. The highest BCUT2D eigenvalue weighted by atomic mass is 16.3. The third-order valence-electron chi connectivity index (χ3n) is 2.47. The van der Waals surface area contributed by atoms with Gasteiger partial charge in [0.1, 0.15) is 0 Å². The van der Waals surface area contributed by atoms with Crippen LogP contribution < -0.4 is 5.73 Å². The summed E-state index contributed by atoms with van der Waals surface area (Å²) in [6.07, 6.45) is 0.878. The molecule has 3 nitrogen and oxygen atoms in total. The Morgan fingerprint density at radius 3 is 2.47 bits per heavy atom. The summed E-state index contributed by atoms with van der Waals surface area (Å²) in [7, 11) is 0. The molecule has 0 aromatic heterocycles. The van der Waals surface area contributed by atoms with Crippen LogP contribution in [0.2, 0.25) is 0 Å². The normalized spacial score (nSPS) is 14.3. The molecule has 0 aliphatic heterocycles. The molecule has 0 aliphatic carbocycles. The molecule has 0 bridgehead atoms. The van der Waals surface area contributed by atoms with Crippen LogP contribution in [0.1, 0.15) is 37.0 Å². The van der Waals surface area contributed by atoms with Crippen molar-refractivity contribution in [2.24, 2.45) is 5.73 Å². The minimum Gasteiger partial charge on any atom is -0.388 e. The number of aliphatic hydroxyl groups is 1. The van der Waals surface area contributed by atoms with Gasteiger partial charge in [-0.25, -0.2) is 0 Å². The van der Waals surface area contributed by atoms with Gasteiger partial charge in [0, 0.05) is 6.04 Å². The SMILES string of the molecule is CCC(N)CC(O)c1ccc(C#N)cc1. The van der Waals surface area contributed by atoms with Crippen molar-refractivity contribution in [3.8, 4) is 6.07 Å². The van der Waals surface area contributed by atoms with Crippen LogP contribution in [0.5, 0.6) is 0 Å². The molecule has 0 aliphatic rings. The average molecular weight is 204 g/mol. The van der Waals surface area contributed by atoms with Gasteiger partial charge in [0.05, 0.1) is 17.7 Å². The van der Waals surface area contributed by atoms with Crippen molar-refractivity contribution in [1.29, 1.82) is 5.26 Å². The van der Waals surface area contributed by atoms with E-state index < -0.39 is 6.10 Å². The molecule has 0 heterocycles. The van der Waals surface area contributed by atoms with E-state index >= 15 is 0 Å². The van der Waals surface area contributed by atoms with Gasteiger partial charge in [-0.2, -0.15) is 5.26 Å². The van der Waals surface area contributed by atoms with Crippen molar-refractivity contribution in [2.75, 3.05) is 0 Å². The molecule has 0 saturated carbocycles. The number of nitrogens with zero attached hydrogens (tertiary/aromatic N) is 1. The first kappa shape index (κ1) is 11.7. The largest absolute Gasteiger partial charge is 0.388 e. The first-order valence-corrected chi connectivity index (χ1v) is 5.11. The standard InChI is InChI=1S/C12H16N2O/c1-2-11(14)7-12(15)10-5-3-9(8-13)4-6-10/h3-6,11-12,15H,2,7,14H2,1H3. The molecule has 0 spiro atoms. The fourth-order valence-corrected chi connectivity index (χ4v) is 1.37. The van der Waals surface area contributed by atoms with E-state index in [4.69, 9.17) is 11.0 Å². The maximum atomic E-state index is 9.82. The minimum atomic E-state index is -0.535. The Balaban J connectivity index is 2.66. The van der Waals surface area contributed by atoms with Crippen LogP contribution >= 0.6 is 0 Å². The van der Waals surface area contributed by atoms with Gasteiger partial charge >= 0.3 is 0 Å². The predicted molar refractivity (Wildman–Crippen MR) is 59.0 cm³/mol. The molecule has 0 radical (unpaired) electrons. The molecule has 15 heavy (non-hydrogen) atoms. The summed E-state index contributed by atoms with van der Waals surface area (Å²) < 4.78 is 0. The van der Waals surface area contributed by atoms with Crippen molar-refractivity contribution < 1.29 is 5.11 Å². The van der Waals surface area contributed by atoms with Crippen LogP contribution in [0.25, 0.3) is 0 Å². The Bertz CT molecular complexity index is 340. The van der Waals surface area contributed by atoms with Gasteiger partial charge < -0.3 is 10.8 Å². The molecule has 0 fully saturated rings. The van der Waals surface area contributed by atoms with Gasteiger partial charge in [0.15, 0.2) is 0 Å². The molecule has 3 N–H and O–H groups in total. The number of benzene rings is 1. The lowest BCUT2D eigenvalue weighted by Crippen LogP contribution is -2.21. The first-order valence-electron chi connectivity index (χ1n) is 5.11. The highest BCUT2D eigenvalue weighted by molar-refractivity contribution is 5.32.